The van der Waals surface area contributed by atoms with Crippen molar-refractivity contribution in [3.8, 4) is 16.2 Å². The molecular weight excluding hydrogens is 488 g/mol. The molecule has 0 unspecified atom stereocenters. The van der Waals surface area contributed by atoms with Crippen molar-refractivity contribution in [1.29, 1.82) is 0 Å². The van der Waals surface area contributed by atoms with E-state index >= 15 is 0 Å². The van der Waals surface area contributed by atoms with Crippen molar-refractivity contribution in [3.05, 3.63) is 32.6 Å². The van der Waals surface area contributed by atoms with Crippen LogP contribution in [0.3, 0.4) is 0 Å². The van der Waals surface area contributed by atoms with E-state index < -0.39 is 0 Å². The highest BCUT2D eigenvalue weighted by atomic mass is 32.9. The summed E-state index contributed by atoms with van der Waals surface area (Å²) >= 11 is 5.51. The fourth-order valence-corrected chi connectivity index (χ4v) is 7.68. The van der Waals surface area contributed by atoms with Crippen LogP contribution in [-0.2, 0) is 13.1 Å². The van der Waals surface area contributed by atoms with Crippen molar-refractivity contribution in [2.45, 2.75) is 20.0 Å². The SMILES string of the molecule is Cc1c(-c2cc(CN3CCN(CCO)CC3)c(O)c(CN3CCN(CCO)CC3)c2)ssc1=S. The second-order valence-corrected chi connectivity index (χ2v) is 12.1. The van der Waals surface area contributed by atoms with Crippen LogP contribution < -0.4 is 0 Å². The van der Waals surface area contributed by atoms with Crippen LogP contribution in [-0.4, -0.2) is 114 Å². The van der Waals surface area contributed by atoms with Crippen LogP contribution >= 0.6 is 32.9 Å². The van der Waals surface area contributed by atoms with Gasteiger partial charge >= 0.3 is 0 Å². The number of β-amino-alcohol motifs (C(OH)–C–C–N with tert-alkyl or cyclic N) is 2. The molecule has 0 aliphatic carbocycles. The third-order valence-electron chi connectivity index (χ3n) is 6.93. The highest BCUT2D eigenvalue weighted by molar-refractivity contribution is 7.80. The highest BCUT2D eigenvalue weighted by Gasteiger charge is 2.22. The molecule has 34 heavy (non-hydrogen) atoms. The van der Waals surface area contributed by atoms with Gasteiger partial charge in [0, 0.05) is 89.7 Å². The van der Waals surface area contributed by atoms with E-state index in [0.717, 1.165) is 105 Å². The van der Waals surface area contributed by atoms with Gasteiger partial charge in [-0.25, -0.2) is 0 Å². The van der Waals surface area contributed by atoms with Gasteiger partial charge in [-0.2, -0.15) is 0 Å². The number of hydrogen-bond donors (Lipinski definition) is 3. The lowest BCUT2D eigenvalue weighted by molar-refractivity contribution is 0.106. The van der Waals surface area contributed by atoms with Gasteiger partial charge in [0.2, 0.25) is 0 Å². The Morgan fingerprint density at radius 2 is 1.21 bits per heavy atom. The molecule has 0 atom stereocenters. The predicted octanol–water partition coefficient (Wildman–Crippen LogP) is 2.44. The number of benzene rings is 1. The van der Waals surface area contributed by atoms with Crippen LogP contribution in [0.25, 0.3) is 10.4 Å². The Morgan fingerprint density at radius 1 is 0.765 bits per heavy atom. The van der Waals surface area contributed by atoms with E-state index in [4.69, 9.17) is 12.2 Å². The molecule has 10 heteroatoms. The standard InChI is InChI=1S/C24H36N4O3S3/c1-18-23(33-34-24(18)32)19-14-20(16-27-6-2-25(3-7-27)10-12-29)22(31)21(15-19)17-28-8-4-26(5-9-28)11-13-30/h14-15,29-31H,2-13,16-17H2,1H3. The molecule has 0 radical (unpaired) electrons. The molecule has 4 rings (SSSR count). The fraction of sp³-hybridized carbons (Fsp3) is 0.625. The Kier molecular flexibility index (Phi) is 9.48. The molecule has 0 bridgehead atoms. The topological polar surface area (TPSA) is 73.7 Å². The molecule has 2 fully saturated rings. The number of nitrogens with zero attached hydrogens (tertiary/aromatic N) is 4. The summed E-state index contributed by atoms with van der Waals surface area (Å²) in [5.41, 5.74) is 4.26. The zero-order valence-corrected chi connectivity index (χ0v) is 22.4. The maximum atomic E-state index is 11.3. The van der Waals surface area contributed by atoms with E-state index in [1.165, 1.54) is 4.88 Å². The van der Waals surface area contributed by atoms with E-state index in [1.54, 1.807) is 20.7 Å². The number of phenolic OH excluding ortho intramolecular Hbond substituents is 1. The second-order valence-electron chi connectivity index (χ2n) is 9.23. The molecule has 2 aliphatic heterocycles. The van der Waals surface area contributed by atoms with Gasteiger partial charge in [-0.05, 0) is 30.2 Å². The first-order valence-corrected chi connectivity index (χ1v) is 14.6. The van der Waals surface area contributed by atoms with Gasteiger partial charge in [-0.3, -0.25) is 19.6 Å². The number of aliphatic hydroxyl groups is 2. The first-order valence-electron chi connectivity index (χ1n) is 12.0. The minimum absolute atomic E-state index is 0.201. The van der Waals surface area contributed by atoms with Crippen molar-refractivity contribution in [3.63, 3.8) is 0 Å². The lowest BCUT2D eigenvalue weighted by Crippen LogP contribution is -2.47. The smallest absolute Gasteiger partial charge is 0.124 e. The quantitative estimate of drug-likeness (QED) is 0.341. The van der Waals surface area contributed by atoms with Gasteiger partial charge in [0.1, 0.15) is 9.57 Å². The summed E-state index contributed by atoms with van der Waals surface area (Å²) in [6.45, 7) is 12.9. The Bertz CT molecular complexity index is 947. The van der Waals surface area contributed by atoms with Gasteiger partial charge in [-0.15, -0.1) is 0 Å². The van der Waals surface area contributed by atoms with Crippen molar-refractivity contribution < 1.29 is 15.3 Å². The Hall–Kier alpha value is -0.950. The summed E-state index contributed by atoms with van der Waals surface area (Å²) in [5, 5.41) is 29.7. The minimum atomic E-state index is 0.201. The van der Waals surface area contributed by atoms with Gasteiger partial charge in [0.15, 0.2) is 0 Å². The Morgan fingerprint density at radius 3 is 1.59 bits per heavy atom. The summed E-state index contributed by atoms with van der Waals surface area (Å²) in [5.74, 6) is 0.413. The maximum Gasteiger partial charge on any atom is 0.124 e. The summed E-state index contributed by atoms with van der Waals surface area (Å²) in [6, 6.07) is 4.30. The summed E-state index contributed by atoms with van der Waals surface area (Å²) in [6.07, 6.45) is 0. The molecule has 2 saturated heterocycles. The molecule has 7 nitrogen and oxygen atoms in total. The largest absolute Gasteiger partial charge is 0.507 e. The van der Waals surface area contributed by atoms with E-state index in [9.17, 15) is 15.3 Å². The lowest BCUT2D eigenvalue weighted by Gasteiger charge is -2.35. The first-order chi connectivity index (χ1) is 16.5. The summed E-state index contributed by atoms with van der Waals surface area (Å²) in [7, 11) is 3.37. The zero-order valence-electron chi connectivity index (χ0n) is 19.9. The van der Waals surface area contributed by atoms with Gasteiger partial charge in [-0.1, -0.05) is 32.9 Å². The first kappa shape index (κ1) is 26.1. The maximum absolute atomic E-state index is 11.3. The Labute approximate surface area is 214 Å². The third-order valence-corrected chi connectivity index (χ3v) is 10.3. The second kappa shape index (κ2) is 12.3. The van der Waals surface area contributed by atoms with Gasteiger partial charge in [0.05, 0.1) is 18.1 Å². The van der Waals surface area contributed by atoms with Crippen LogP contribution in [0.15, 0.2) is 12.1 Å². The summed E-state index contributed by atoms with van der Waals surface area (Å²) in [4.78, 5) is 10.6. The normalized spacial score (nSPS) is 19.1. The van der Waals surface area contributed by atoms with E-state index in [-0.39, 0.29) is 13.2 Å². The molecule has 2 aromatic rings. The molecule has 0 spiro atoms. The van der Waals surface area contributed by atoms with Crippen LogP contribution in [0.2, 0.25) is 0 Å². The molecule has 2 aliphatic rings. The Balaban J connectivity index is 1.55. The molecular formula is C24H36N4O3S3. The fourth-order valence-electron chi connectivity index (χ4n) is 4.80. The zero-order chi connectivity index (χ0) is 24.1. The number of aliphatic hydroxyl groups excluding tert-OH is 2. The number of aromatic hydroxyl groups is 1. The number of hydrogen-bond acceptors (Lipinski definition) is 10. The van der Waals surface area contributed by atoms with E-state index in [2.05, 4.69) is 38.7 Å². The average molecular weight is 525 g/mol. The molecule has 3 N–H and O–H groups in total. The number of phenols is 1. The average Bonchev–Trinajstić information content (AvgIpc) is 3.17. The number of rotatable bonds is 9. The molecule has 3 heterocycles. The van der Waals surface area contributed by atoms with Crippen LogP contribution in [0.1, 0.15) is 16.7 Å². The molecule has 1 aromatic carbocycles. The summed E-state index contributed by atoms with van der Waals surface area (Å²) < 4.78 is 0.941. The van der Waals surface area contributed by atoms with Crippen LogP contribution in [0.5, 0.6) is 5.75 Å². The predicted molar refractivity (Wildman–Crippen MR) is 142 cm³/mol. The van der Waals surface area contributed by atoms with Crippen molar-refractivity contribution in [2.24, 2.45) is 0 Å². The van der Waals surface area contributed by atoms with Gasteiger partial charge in [0.25, 0.3) is 0 Å². The van der Waals surface area contributed by atoms with Crippen molar-refractivity contribution >= 4 is 32.9 Å². The van der Waals surface area contributed by atoms with Crippen LogP contribution in [0.4, 0.5) is 0 Å². The van der Waals surface area contributed by atoms with Gasteiger partial charge < -0.3 is 15.3 Å². The third kappa shape index (κ3) is 6.43. The lowest BCUT2D eigenvalue weighted by atomic mass is 10.00. The van der Waals surface area contributed by atoms with E-state index in [0.29, 0.717) is 5.75 Å². The van der Waals surface area contributed by atoms with E-state index in [1.807, 2.05) is 0 Å². The van der Waals surface area contributed by atoms with Crippen LogP contribution in [0, 0.1) is 10.7 Å². The molecule has 1 aromatic heterocycles. The minimum Gasteiger partial charge on any atom is -0.507 e. The number of piperazine rings is 2. The van der Waals surface area contributed by atoms with Crippen molar-refractivity contribution in [1.82, 2.24) is 19.6 Å². The highest BCUT2D eigenvalue weighted by Crippen LogP contribution is 2.38. The monoisotopic (exact) mass is 524 g/mol. The van der Waals surface area contributed by atoms with Crippen molar-refractivity contribution in [2.75, 3.05) is 78.7 Å². The molecule has 0 saturated carbocycles. The molecule has 0 amide bonds. The molecule has 188 valence electrons.